The van der Waals surface area contributed by atoms with Crippen LogP contribution in [0, 0.1) is 0 Å². The lowest BCUT2D eigenvalue weighted by molar-refractivity contribution is -0.130. The molecule has 3 rings (SSSR count). The summed E-state index contributed by atoms with van der Waals surface area (Å²) in [6.45, 7) is 7.93. The molecule has 2 aliphatic rings. The summed E-state index contributed by atoms with van der Waals surface area (Å²) in [5.41, 5.74) is 0. The van der Waals surface area contributed by atoms with Crippen molar-refractivity contribution < 1.29 is 19.1 Å². The Hall–Kier alpha value is -1.51. The molecule has 0 aromatic carbocycles. The SMILES string of the molecule is CC(C)c1nnc(CCC(=O)N2C[C@@H](O)[C@H](N3CCOCC3)C2)o1. The third kappa shape index (κ3) is 3.93. The summed E-state index contributed by atoms with van der Waals surface area (Å²) in [5, 5.41) is 18.2. The predicted octanol–water partition coefficient (Wildman–Crippen LogP) is 0.0295. The van der Waals surface area contributed by atoms with Crippen molar-refractivity contribution in [3.8, 4) is 0 Å². The standard InChI is InChI=1S/C16H26N4O4/c1-11(2)16-18-17-14(24-16)3-4-15(22)20-9-12(13(21)10-20)19-5-7-23-8-6-19/h11-13,21H,3-10H2,1-2H3/t12-,13-/m1/s1. The van der Waals surface area contributed by atoms with Gasteiger partial charge in [-0.2, -0.15) is 0 Å². The van der Waals surface area contributed by atoms with E-state index in [1.54, 1.807) is 4.90 Å². The van der Waals surface area contributed by atoms with E-state index in [9.17, 15) is 9.90 Å². The number of ether oxygens (including phenoxy) is 1. The van der Waals surface area contributed by atoms with Crippen molar-refractivity contribution in [2.24, 2.45) is 0 Å². The van der Waals surface area contributed by atoms with E-state index in [2.05, 4.69) is 15.1 Å². The molecular formula is C16H26N4O4. The topological polar surface area (TPSA) is 91.9 Å². The number of nitrogens with zero attached hydrogens (tertiary/aromatic N) is 4. The van der Waals surface area contributed by atoms with Crippen LogP contribution in [0.3, 0.4) is 0 Å². The van der Waals surface area contributed by atoms with E-state index in [-0.39, 0.29) is 17.9 Å². The van der Waals surface area contributed by atoms with E-state index >= 15 is 0 Å². The third-order valence-corrected chi connectivity index (χ3v) is 4.66. The number of aliphatic hydroxyl groups excluding tert-OH is 1. The Bertz CT molecular complexity index is 556. The Labute approximate surface area is 141 Å². The van der Waals surface area contributed by atoms with E-state index in [4.69, 9.17) is 9.15 Å². The van der Waals surface area contributed by atoms with Crippen molar-refractivity contribution in [2.75, 3.05) is 39.4 Å². The number of likely N-dealkylation sites (tertiary alicyclic amines) is 1. The zero-order valence-corrected chi connectivity index (χ0v) is 14.3. The third-order valence-electron chi connectivity index (χ3n) is 4.66. The Morgan fingerprint density at radius 2 is 2.04 bits per heavy atom. The highest BCUT2D eigenvalue weighted by molar-refractivity contribution is 5.76. The molecule has 8 heteroatoms. The van der Waals surface area contributed by atoms with Crippen LogP contribution in [0.4, 0.5) is 0 Å². The van der Waals surface area contributed by atoms with Crippen LogP contribution in [0.15, 0.2) is 4.42 Å². The second kappa shape index (κ2) is 7.58. The molecule has 0 bridgehead atoms. The largest absolute Gasteiger partial charge is 0.425 e. The first-order valence-corrected chi connectivity index (χ1v) is 8.64. The van der Waals surface area contributed by atoms with Crippen molar-refractivity contribution in [3.05, 3.63) is 11.8 Å². The van der Waals surface area contributed by atoms with Crippen LogP contribution in [0.25, 0.3) is 0 Å². The van der Waals surface area contributed by atoms with Gasteiger partial charge in [-0.05, 0) is 0 Å². The summed E-state index contributed by atoms with van der Waals surface area (Å²) in [6, 6.07) is 0.00815. The number of β-amino-alcohol motifs (C(OH)–C–C–N with tert-alkyl or cyclic N) is 1. The number of aromatic nitrogens is 2. The van der Waals surface area contributed by atoms with E-state index in [0.717, 1.165) is 13.1 Å². The molecule has 1 aromatic rings. The number of amides is 1. The second-order valence-corrected chi connectivity index (χ2v) is 6.77. The molecular weight excluding hydrogens is 312 g/mol. The van der Waals surface area contributed by atoms with Crippen molar-refractivity contribution in [2.45, 2.75) is 44.8 Å². The molecule has 8 nitrogen and oxygen atoms in total. The van der Waals surface area contributed by atoms with E-state index < -0.39 is 6.10 Å². The number of hydrogen-bond donors (Lipinski definition) is 1. The molecule has 3 heterocycles. The number of rotatable bonds is 5. The van der Waals surface area contributed by atoms with Gasteiger partial charge in [-0.15, -0.1) is 10.2 Å². The van der Waals surface area contributed by atoms with Crippen LogP contribution >= 0.6 is 0 Å². The Kier molecular flexibility index (Phi) is 5.47. The Morgan fingerprint density at radius 1 is 1.29 bits per heavy atom. The fourth-order valence-corrected chi connectivity index (χ4v) is 3.21. The maximum atomic E-state index is 12.4. The summed E-state index contributed by atoms with van der Waals surface area (Å²) >= 11 is 0. The molecule has 0 saturated carbocycles. The van der Waals surface area contributed by atoms with Crippen molar-refractivity contribution in [3.63, 3.8) is 0 Å². The molecule has 1 N–H and O–H groups in total. The molecule has 24 heavy (non-hydrogen) atoms. The average molecular weight is 338 g/mol. The summed E-state index contributed by atoms with van der Waals surface area (Å²) in [7, 11) is 0. The van der Waals surface area contributed by atoms with Crippen LogP contribution in [0.1, 0.15) is 38.0 Å². The Balaban J connectivity index is 1.50. The maximum Gasteiger partial charge on any atom is 0.223 e. The monoisotopic (exact) mass is 338 g/mol. The van der Waals surface area contributed by atoms with Crippen molar-refractivity contribution in [1.29, 1.82) is 0 Å². The molecule has 0 unspecified atom stereocenters. The van der Waals surface area contributed by atoms with Crippen molar-refractivity contribution in [1.82, 2.24) is 20.0 Å². The minimum absolute atomic E-state index is 0.00815. The molecule has 134 valence electrons. The van der Waals surface area contributed by atoms with Gasteiger partial charge in [0.05, 0.1) is 25.4 Å². The number of aryl methyl sites for hydroxylation is 1. The molecule has 2 saturated heterocycles. The van der Waals surface area contributed by atoms with Gasteiger partial charge in [-0.3, -0.25) is 9.69 Å². The second-order valence-electron chi connectivity index (χ2n) is 6.77. The van der Waals surface area contributed by atoms with Gasteiger partial charge in [0, 0.05) is 44.9 Å². The summed E-state index contributed by atoms with van der Waals surface area (Å²) in [4.78, 5) is 16.4. The summed E-state index contributed by atoms with van der Waals surface area (Å²) < 4.78 is 10.9. The molecule has 0 radical (unpaired) electrons. The predicted molar refractivity (Wildman–Crippen MR) is 85.5 cm³/mol. The van der Waals surface area contributed by atoms with Gasteiger partial charge in [0.1, 0.15) is 0 Å². The minimum atomic E-state index is -0.497. The number of morpholine rings is 1. The fraction of sp³-hybridized carbons (Fsp3) is 0.812. The van der Waals surface area contributed by atoms with Crippen LogP contribution < -0.4 is 0 Å². The number of hydrogen-bond acceptors (Lipinski definition) is 7. The molecule has 0 aliphatic carbocycles. The fourth-order valence-electron chi connectivity index (χ4n) is 3.21. The number of carbonyl (C=O) groups is 1. The van der Waals surface area contributed by atoms with Gasteiger partial charge in [-0.1, -0.05) is 13.8 Å². The lowest BCUT2D eigenvalue weighted by Crippen LogP contribution is -2.49. The van der Waals surface area contributed by atoms with Crippen LogP contribution in [0.5, 0.6) is 0 Å². The molecule has 0 spiro atoms. The maximum absolute atomic E-state index is 12.4. The molecule has 2 aliphatic heterocycles. The quantitative estimate of drug-likeness (QED) is 0.810. The van der Waals surface area contributed by atoms with Gasteiger partial charge >= 0.3 is 0 Å². The summed E-state index contributed by atoms with van der Waals surface area (Å²) in [6.07, 6.45) is 0.262. The molecule has 1 amide bonds. The van der Waals surface area contributed by atoms with Gasteiger partial charge in [0.25, 0.3) is 0 Å². The number of carbonyl (C=O) groups excluding carboxylic acids is 1. The average Bonchev–Trinajstić information content (AvgIpc) is 3.20. The highest BCUT2D eigenvalue weighted by Gasteiger charge is 2.37. The first-order chi connectivity index (χ1) is 11.5. The van der Waals surface area contributed by atoms with Crippen LogP contribution in [-0.2, 0) is 16.0 Å². The van der Waals surface area contributed by atoms with Gasteiger partial charge in [-0.25, -0.2) is 0 Å². The van der Waals surface area contributed by atoms with E-state index in [1.807, 2.05) is 13.8 Å². The highest BCUT2D eigenvalue weighted by atomic mass is 16.5. The smallest absolute Gasteiger partial charge is 0.223 e. The van der Waals surface area contributed by atoms with Crippen LogP contribution in [-0.4, -0.2) is 82.5 Å². The molecule has 2 atom stereocenters. The first kappa shape index (κ1) is 17.3. The zero-order chi connectivity index (χ0) is 17.1. The summed E-state index contributed by atoms with van der Waals surface area (Å²) in [5.74, 6) is 1.30. The van der Waals surface area contributed by atoms with Crippen LogP contribution in [0.2, 0.25) is 0 Å². The lowest BCUT2D eigenvalue weighted by Gasteiger charge is -2.33. The Morgan fingerprint density at radius 3 is 2.71 bits per heavy atom. The lowest BCUT2D eigenvalue weighted by atomic mass is 10.1. The van der Waals surface area contributed by atoms with Crippen molar-refractivity contribution >= 4 is 5.91 Å². The van der Waals surface area contributed by atoms with Gasteiger partial charge in [0.2, 0.25) is 17.7 Å². The van der Waals surface area contributed by atoms with Gasteiger partial charge < -0.3 is 19.2 Å². The molecule has 1 aromatic heterocycles. The first-order valence-electron chi connectivity index (χ1n) is 8.64. The van der Waals surface area contributed by atoms with E-state index in [1.165, 1.54) is 0 Å². The van der Waals surface area contributed by atoms with Gasteiger partial charge in [0.15, 0.2) is 0 Å². The highest BCUT2D eigenvalue weighted by Crippen LogP contribution is 2.19. The minimum Gasteiger partial charge on any atom is -0.425 e. The zero-order valence-electron chi connectivity index (χ0n) is 14.3. The molecule has 2 fully saturated rings. The number of aliphatic hydroxyl groups is 1. The normalized spacial score (nSPS) is 25.6. The van der Waals surface area contributed by atoms with E-state index in [0.29, 0.717) is 50.9 Å².